The van der Waals surface area contributed by atoms with Crippen molar-refractivity contribution < 1.29 is 9.90 Å². The zero-order chi connectivity index (χ0) is 15.4. The lowest BCUT2D eigenvalue weighted by Crippen LogP contribution is -2.24. The number of carbonyl (C=O) groups excluding carboxylic acids is 1. The first kappa shape index (κ1) is 14.2. The fourth-order valence-electron chi connectivity index (χ4n) is 2.66. The van der Waals surface area contributed by atoms with E-state index in [2.05, 4.69) is 11.2 Å². The maximum atomic E-state index is 10.6. The van der Waals surface area contributed by atoms with Gasteiger partial charge in [0.25, 0.3) is 0 Å². The third-order valence-corrected chi connectivity index (χ3v) is 3.65. The maximum Gasteiger partial charge on any atom is 0.144 e. The molecule has 1 heterocycles. The number of benzene rings is 2. The Morgan fingerprint density at radius 3 is 2.86 bits per heavy atom. The van der Waals surface area contributed by atoms with Crippen LogP contribution < -0.4 is 0 Å². The Balaban J connectivity index is 2.11. The molecule has 3 rings (SSSR count). The highest BCUT2D eigenvalue weighted by Gasteiger charge is 2.25. The van der Waals surface area contributed by atoms with Crippen LogP contribution in [0.1, 0.15) is 28.3 Å². The Kier molecular flexibility index (Phi) is 4.12. The van der Waals surface area contributed by atoms with Crippen molar-refractivity contribution in [3.05, 3.63) is 83.1 Å². The highest BCUT2D eigenvalue weighted by molar-refractivity contribution is 5.83. The number of aldehydes is 1. The molecule has 1 aliphatic rings. The summed E-state index contributed by atoms with van der Waals surface area (Å²) >= 11 is 0. The minimum Gasteiger partial charge on any atom is -0.392 e. The Labute approximate surface area is 129 Å². The van der Waals surface area contributed by atoms with E-state index in [9.17, 15) is 9.90 Å². The van der Waals surface area contributed by atoms with Gasteiger partial charge in [0, 0.05) is 11.8 Å². The number of nitrogens with zero attached hydrogens (tertiary/aromatic N) is 2. The minimum atomic E-state index is -0.121. The fourth-order valence-corrected chi connectivity index (χ4v) is 2.66. The summed E-state index contributed by atoms with van der Waals surface area (Å²) in [6, 6.07) is 15.7. The number of hydrogen-bond donors (Lipinski definition) is 1. The van der Waals surface area contributed by atoms with Crippen LogP contribution in [0, 0.1) is 0 Å². The van der Waals surface area contributed by atoms with Crippen LogP contribution in [0.15, 0.2) is 65.9 Å². The molecule has 0 aromatic heterocycles. The summed E-state index contributed by atoms with van der Waals surface area (Å²) in [4.78, 5) is 10.6. The highest BCUT2D eigenvalue weighted by Crippen LogP contribution is 2.34. The summed E-state index contributed by atoms with van der Waals surface area (Å²) in [5.74, 6) is 0. The summed E-state index contributed by atoms with van der Waals surface area (Å²) in [6.07, 6.45) is 5.61. The van der Waals surface area contributed by atoms with Gasteiger partial charge in [-0.3, -0.25) is 9.80 Å². The van der Waals surface area contributed by atoms with Crippen LogP contribution in [0.25, 0.3) is 0 Å². The maximum absolute atomic E-state index is 10.6. The second-order valence-electron chi connectivity index (χ2n) is 5.04. The first-order chi connectivity index (χ1) is 10.8. The molecular weight excluding hydrogens is 276 g/mol. The zero-order valence-electron chi connectivity index (χ0n) is 12.0. The molecule has 2 aromatic carbocycles. The average molecular weight is 292 g/mol. The number of hydrogen-bond acceptors (Lipinski definition) is 4. The lowest BCUT2D eigenvalue weighted by atomic mass is 9.92. The quantitative estimate of drug-likeness (QED) is 0.696. The summed E-state index contributed by atoms with van der Waals surface area (Å²) in [5, 5.41) is 15.5. The van der Waals surface area contributed by atoms with Crippen molar-refractivity contribution in [2.45, 2.75) is 12.6 Å². The van der Waals surface area contributed by atoms with Gasteiger partial charge in [-0.1, -0.05) is 48.5 Å². The van der Waals surface area contributed by atoms with Gasteiger partial charge in [-0.05, 0) is 22.8 Å². The van der Waals surface area contributed by atoms with E-state index in [4.69, 9.17) is 0 Å². The van der Waals surface area contributed by atoms with Gasteiger partial charge >= 0.3 is 0 Å². The van der Waals surface area contributed by atoms with Crippen LogP contribution in [0.4, 0.5) is 0 Å². The molecule has 4 nitrogen and oxygen atoms in total. The Morgan fingerprint density at radius 2 is 2.05 bits per heavy atom. The molecule has 2 aromatic rings. The van der Waals surface area contributed by atoms with Gasteiger partial charge in [0.05, 0.1) is 12.8 Å². The van der Waals surface area contributed by atoms with E-state index in [1.807, 2.05) is 42.5 Å². The smallest absolute Gasteiger partial charge is 0.144 e. The third-order valence-electron chi connectivity index (χ3n) is 3.65. The largest absolute Gasteiger partial charge is 0.392 e. The van der Waals surface area contributed by atoms with Crippen LogP contribution in [-0.2, 0) is 11.4 Å². The topological polar surface area (TPSA) is 52.9 Å². The normalized spacial score (nSPS) is 16.8. The van der Waals surface area contributed by atoms with Crippen LogP contribution in [-0.4, -0.2) is 22.6 Å². The molecule has 0 spiro atoms. The molecular formula is C18H16N2O2. The second kappa shape index (κ2) is 6.37. The van der Waals surface area contributed by atoms with E-state index in [0.717, 1.165) is 28.5 Å². The van der Waals surface area contributed by atoms with Gasteiger partial charge in [0.1, 0.15) is 12.3 Å². The number of hydrazone groups is 1. The first-order valence-corrected chi connectivity index (χ1v) is 7.06. The van der Waals surface area contributed by atoms with Gasteiger partial charge in [-0.25, -0.2) is 0 Å². The molecule has 0 aliphatic carbocycles. The van der Waals surface area contributed by atoms with E-state index < -0.39 is 0 Å². The third kappa shape index (κ3) is 2.69. The van der Waals surface area contributed by atoms with Crippen molar-refractivity contribution in [1.29, 1.82) is 0 Å². The van der Waals surface area contributed by atoms with E-state index in [0.29, 0.717) is 0 Å². The Bertz CT molecular complexity index is 737. The monoisotopic (exact) mass is 292 g/mol. The molecule has 1 N–H and O–H groups in total. The number of rotatable bonds is 4. The number of allylic oxidation sites excluding steroid dienone is 1. The number of fused-ring (bicyclic) bond motifs is 1. The second-order valence-corrected chi connectivity index (χ2v) is 5.04. The van der Waals surface area contributed by atoms with Crippen LogP contribution >= 0.6 is 0 Å². The molecule has 0 saturated carbocycles. The van der Waals surface area contributed by atoms with Crippen molar-refractivity contribution >= 4 is 12.5 Å². The van der Waals surface area contributed by atoms with Gasteiger partial charge in [0.2, 0.25) is 0 Å². The molecule has 22 heavy (non-hydrogen) atoms. The molecule has 0 amide bonds. The molecule has 4 heteroatoms. The van der Waals surface area contributed by atoms with Crippen LogP contribution in [0.2, 0.25) is 0 Å². The summed E-state index contributed by atoms with van der Waals surface area (Å²) in [5.41, 5.74) is 4.04. The van der Waals surface area contributed by atoms with Crippen LogP contribution in [0.3, 0.4) is 0 Å². The first-order valence-electron chi connectivity index (χ1n) is 7.06. The summed E-state index contributed by atoms with van der Waals surface area (Å²) < 4.78 is 0. The number of aliphatic hydroxyl groups is 1. The number of aliphatic hydroxyl groups excluding tert-OH is 1. The zero-order valence-corrected chi connectivity index (χ0v) is 12.0. The summed E-state index contributed by atoms with van der Waals surface area (Å²) in [6.45, 7) is -0.00431. The Hall–Kier alpha value is -2.72. The lowest BCUT2D eigenvalue weighted by molar-refractivity contribution is -0.104. The average Bonchev–Trinajstić information content (AvgIpc) is 2.59. The van der Waals surface area contributed by atoms with E-state index in [1.54, 1.807) is 17.4 Å². The summed E-state index contributed by atoms with van der Waals surface area (Å²) in [7, 11) is 0. The molecule has 1 aliphatic heterocycles. The number of carbonyl (C=O) groups is 1. The van der Waals surface area contributed by atoms with Crippen LogP contribution in [0.5, 0.6) is 0 Å². The highest BCUT2D eigenvalue weighted by atomic mass is 16.3. The fraction of sp³-hybridized carbons (Fsp3) is 0.111. The standard InChI is InChI=1S/C18H16N2O2/c21-10-4-9-20-18(15-7-3-5-14(11-15)13-22)17-8-2-1-6-16(17)12-19-20/h1-12,18,22H,13H2/b9-4+. The van der Waals surface area contributed by atoms with E-state index in [1.165, 1.54) is 6.08 Å². The van der Waals surface area contributed by atoms with Gasteiger partial charge in [-0.2, -0.15) is 5.10 Å². The molecule has 110 valence electrons. The van der Waals surface area contributed by atoms with Crippen molar-refractivity contribution in [3.63, 3.8) is 0 Å². The molecule has 0 radical (unpaired) electrons. The molecule has 0 fully saturated rings. The predicted octanol–water partition coefficient (Wildman–Crippen LogP) is 2.63. The van der Waals surface area contributed by atoms with Gasteiger partial charge in [-0.15, -0.1) is 0 Å². The SMILES string of the molecule is O=C/C=C/N1N=Cc2ccccc2C1c1cccc(CO)c1. The van der Waals surface area contributed by atoms with Gasteiger partial charge in [0.15, 0.2) is 0 Å². The van der Waals surface area contributed by atoms with E-state index in [-0.39, 0.29) is 12.6 Å². The Morgan fingerprint density at radius 1 is 1.18 bits per heavy atom. The predicted molar refractivity (Wildman–Crippen MR) is 85.3 cm³/mol. The molecule has 0 saturated heterocycles. The van der Waals surface area contributed by atoms with Gasteiger partial charge < -0.3 is 5.11 Å². The molecule has 1 atom stereocenters. The van der Waals surface area contributed by atoms with E-state index >= 15 is 0 Å². The van der Waals surface area contributed by atoms with Crippen molar-refractivity contribution in [3.8, 4) is 0 Å². The molecule has 0 bridgehead atoms. The molecule has 1 unspecified atom stereocenters. The van der Waals surface area contributed by atoms with Crippen molar-refractivity contribution in [1.82, 2.24) is 5.01 Å². The van der Waals surface area contributed by atoms with Crippen molar-refractivity contribution in [2.24, 2.45) is 5.10 Å². The van der Waals surface area contributed by atoms with Crippen molar-refractivity contribution in [2.75, 3.05) is 0 Å². The lowest BCUT2D eigenvalue weighted by Gasteiger charge is -2.31. The minimum absolute atomic E-state index is 0.00431.